The van der Waals surface area contributed by atoms with Crippen LogP contribution in [0.2, 0.25) is 0 Å². The fourth-order valence-corrected chi connectivity index (χ4v) is 4.53. The molecule has 0 saturated carbocycles. The number of benzene rings is 4. The molecule has 2 aromatic heterocycles. The number of hydrogen-bond acceptors (Lipinski definition) is 4. The van der Waals surface area contributed by atoms with Gasteiger partial charge in [0.2, 0.25) is 0 Å². The van der Waals surface area contributed by atoms with Crippen LogP contribution in [0.4, 0.5) is 17.3 Å². The van der Waals surface area contributed by atoms with E-state index in [-0.39, 0.29) is 5.75 Å². The van der Waals surface area contributed by atoms with Crippen molar-refractivity contribution < 1.29 is 5.11 Å². The zero-order valence-electron chi connectivity index (χ0n) is 19.5. The Morgan fingerprint density at radius 3 is 2.19 bits per heavy atom. The van der Waals surface area contributed by atoms with E-state index in [1.165, 1.54) is 0 Å². The summed E-state index contributed by atoms with van der Waals surface area (Å²) in [4.78, 5) is 11.8. The predicted octanol–water partition coefficient (Wildman–Crippen LogP) is 8.14. The molecule has 36 heavy (non-hydrogen) atoms. The lowest BCUT2D eigenvalue weighted by atomic mass is 10.0. The molecule has 0 aliphatic rings. The molecule has 0 fully saturated rings. The summed E-state index contributed by atoms with van der Waals surface area (Å²) in [7, 11) is 0. The summed E-state index contributed by atoms with van der Waals surface area (Å²) in [6, 6.07) is 42.0. The van der Waals surface area contributed by atoms with Crippen molar-refractivity contribution in [3.05, 3.63) is 134 Å². The van der Waals surface area contributed by atoms with Gasteiger partial charge in [-0.25, -0.2) is 9.97 Å². The second kappa shape index (κ2) is 9.35. The van der Waals surface area contributed by atoms with Gasteiger partial charge in [-0.2, -0.15) is 0 Å². The third-order valence-corrected chi connectivity index (χ3v) is 6.22. The number of nitrogens with zero attached hydrogens (tertiary/aromatic N) is 3. The van der Waals surface area contributed by atoms with Crippen LogP contribution in [0.3, 0.4) is 0 Å². The fourth-order valence-electron chi connectivity index (χ4n) is 4.53. The molecule has 4 nitrogen and oxygen atoms in total. The first-order valence-corrected chi connectivity index (χ1v) is 11.8. The standard InChI is InChI=1S/C32H23N3O/c36-30-18-4-3-15-27(30)24-12-7-13-25(22-24)28-16-9-20-32(34-28)35(31-19-5-6-21-33-31)29-17-8-11-23-10-1-2-14-26(23)29/h1-22,36H. The molecule has 0 atom stereocenters. The third kappa shape index (κ3) is 4.05. The molecule has 0 aliphatic heterocycles. The number of pyridine rings is 2. The van der Waals surface area contributed by atoms with Crippen molar-refractivity contribution >= 4 is 28.1 Å². The maximum absolute atomic E-state index is 10.4. The van der Waals surface area contributed by atoms with Gasteiger partial charge in [0, 0.05) is 22.7 Å². The summed E-state index contributed by atoms with van der Waals surface area (Å²) < 4.78 is 0. The molecule has 0 bridgehead atoms. The summed E-state index contributed by atoms with van der Waals surface area (Å²) >= 11 is 0. The van der Waals surface area contributed by atoms with E-state index in [1.54, 1.807) is 12.3 Å². The van der Waals surface area contributed by atoms with Gasteiger partial charge in [0.15, 0.2) is 0 Å². The van der Waals surface area contributed by atoms with Crippen molar-refractivity contribution in [2.24, 2.45) is 0 Å². The van der Waals surface area contributed by atoms with Crippen molar-refractivity contribution in [2.45, 2.75) is 0 Å². The summed E-state index contributed by atoms with van der Waals surface area (Å²) in [6.07, 6.45) is 1.80. The van der Waals surface area contributed by atoms with Crippen LogP contribution in [0.5, 0.6) is 5.75 Å². The number of aromatic hydroxyl groups is 1. The molecule has 172 valence electrons. The van der Waals surface area contributed by atoms with E-state index < -0.39 is 0 Å². The molecule has 0 aliphatic carbocycles. The second-order valence-electron chi connectivity index (χ2n) is 8.50. The minimum atomic E-state index is 0.258. The molecule has 0 unspecified atom stereocenters. The molecule has 0 radical (unpaired) electrons. The van der Waals surface area contributed by atoms with Crippen LogP contribution in [-0.2, 0) is 0 Å². The molecular formula is C32H23N3O. The van der Waals surface area contributed by atoms with Gasteiger partial charge in [-0.05, 0) is 53.4 Å². The highest BCUT2D eigenvalue weighted by Crippen LogP contribution is 2.38. The molecule has 0 amide bonds. The number of rotatable bonds is 5. The average molecular weight is 466 g/mol. The van der Waals surface area contributed by atoms with Gasteiger partial charge in [0.1, 0.15) is 17.4 Å². The lowest BCUT2D eigenvalue weighted by Crippen LogP contribution is -2.13. The highest BCUT2D eigenvalue weighted by Gasteiger charge is 2.18. The molecule has 6 aromatic rings. The predicted molar refractivity (Wildman–Crippen MR) is 147 cm³/mol. The minimum Gasteiger partial charge on any atom is -0.507 e. The molecule has 0 spiro atoms. The number of phenolic OH excluding ortho intramolecular Hbond substituents is 1. The normalized spacial score (nSPS) is 10.9. The van der Waals surface area contributed by atoms with Crippen molar-refractivity contribution in [1.29, 1.82) is 0 Å². The van der Waals surface area contributed by atoms with Gasteiger partial charge >= 0.3 is 0 Å². The van der Waals surface area contributed by atoms with Crippen LogP contribution >= 0.6 is 0 Å². The quantitative estimate of drug-likeness (QED) is 0.279. The number of fused-ring (bicyclic) bond motifs is 1. The van der Waals surface area contributed by atoms with Crippen LogP contribution in [0.1, 0.15) is 0 Å². The topological polar surface area (TPSA) is 49.2 Å². The lowest BCUT2D eigenvalue weighted by Gasteiger charge is -2.25. The molecule has 6 rings (SSSR count). The van der Waals surface area contributed by atoms with Crippen molar-refractivity contribution in [1.82, 2.24) is 9.97 Å². The number of hydrogen-bond donors (Lipinski definition) is 1. The number of phenols is 1. The first-order chi connectivity index (χ1) is 17.8. The summed E-state index contributed by atoms with van der Waals surface area (Å²) in [5.74, 6) is 1.82. The Balaban J connectivity index is 1.49. The summed E-state index contributed by atoms with van der Waals surface area (Å²) in [6.45, 7) is 0. The lowest BCUT2D eigenvalue weighted by molar-refractivity contribution is 0.477. The van der Waals surface area contributed by atoms with Crippen LogP contribution in [0.15, 0.2) is 134 Å². The molecule has 4 heteroatoms. The van der Waals surface area contributed by atoms with E-state index in [4.69, 9.17) is 4.98 Å². The molecule has 2 heterocycles. The van der Waals surface area contributed by atoms with E-state index in [0.717, 1.165) is 50.5 Å². The molecular weight excluding hydrogens is 442 g/mol. The minimum absolute atomic E-state index is 0.258. The molecule has 4 aromatic carbocycles. The van der Waals surface area contributed by atoms with Gasteiger partial charge < -0.3 is 5.11 Å². The summed E-state index contributed by atoms with van der Waals surface area (Å²) in [5.41, 5.74) is 4.55. The van der Waals surface area contributed by atoms with E-state index in [9.17, 15) is 5.11 Å². The number of aromatic nitrogens is 2. The highest BCUT2D eigenvalue weighted by molar-refractivity contribution is 5.98. The van der Waals surface area contributed by atoms with Crippen molar-refractivity contribution in [2.75, 3.05) is 4.90 Å². The van der Waals surface area contributed by atoms with Gasteiger partial charge in [-0.3, -0.25) is 4.90 Å². The van der Waals surface area contributed by atoms with Crippen LogP contribution in [0, 0.1) is 0 Å². The second-order valence-corrected chi connectivity index (χ2v) is 8.50. The maximum atomic E-state index is 10.4. The Morgan fingerprint density at radius 2 is 1.31 bits per heavy atom. The Labute approximate surface area is 209 Å². The SMILES string of the molecule is Oc1ccccc1-c1cccc(-c2cccc(N(c3ccccn3)c3cccc4ccccc34)n2)c1. The Morgan fingerprint density at radius 1 is 0.583 bits per heavy atom. The van der Waals surface area contributed by atoms with E-state index >= 15 is 0 Å². The van der Waals surface area contributed by atoms with E-state index in [1.807, 2.05) is 78.9 Å². The smallest absolute Gasteiger partial charge is 0.139 e. The fraction of sp³-hybridized carbons (Fsp3) is 0. The Hall–Kier alpha value is -4.96. The highest BCUT2D eigenvalue weighted by atomic mass is 16.3. The van der Waals surface area contributed by atoms with Crippen LogP contribution < -0.4 is 4.90 Å². The van der Waals surface area contributed by atoms with Crippen LogP contribution in [-0.4, -0.2) is 15.1 Å². The van der Waals surface area contributed by atoms with Crippen molar-refractivity contribution in [3.8, 4) is 28.1 Å². The first kappa shape index (κ1) is 21.6. The van der Waals surface area contributed by atoms with E-state index in [2.05, 4.69) is 52.3 Å². The van der Waals surface area contributed by atoms with E-state index in [0.29, 0.717) is 0 Å². The monoisotopic (exact) mass is 465 g/mol. The first-order valence-electron chi connectivity index (χ1n) is 11.8. The maximum Gasteiger partial charge on any atom is 0.139 e. The molecule has 1 N–H and O–H groups in total. The third-order valence-electron chi connectivity index (χ3n) is 6.22. The number of para-hydroxylation sites is 1. The summed E-state index contributed by atoms with van der Waals surface area (Å²) in [5, 5.41) is 12.6. The average Bonchev–Trinajstić information content (AvgIpc) is 2.94. The largest absolute Gasteiger partial charge is 0.507 e. The molecule has 0 saturated heterocycles. The zero-order chi connectivity index (χ0) is 24.3. The van der Waals surface area contributed by atoms with Crippen LogP contribution in [0.25, 0.3) is 33.2 Å². The Kier molecular flexibility index (Phi) is 5.60. The van der Waals surface area contributed by atoms with Gasteiger partial charge in [0.25, 0.3) is 0 Å². The van der Waals surface area contributed by atoms with Crippen molar-refractivity contribution in [3.63, 3.8) is 0 Å². The van der Waals surface area contributed by atoms with Gasteiger partial charge in [-0.15, -0.1) is 0 Å². The Bertz CT molecular complexity index is 1660. The zero-order valence-corrected chi connectivity index (χ0v) is 19.5. The number of anilines is 3. The van der Waals surface area contributed by atoms with Gasteiger partial charge in [-0.1, -0.05) is 84.9 Å². The van der Waals surface area contributed by atoms with Gasteiger partial charge in [0.05, 0.1) is 11.4 Å².